The zero-order valence-electron chi connectivity index (χ0n) is 15.6. The maximum Gasteiger partial charge on any atom is 0.404 e. The van der Waals surface area contributed by atoms with Crippen LogP contribution in [-0.2, 0) is 23.8 Å². The predicted molar refractivity (Wildman–Crippen MR) is 97.2 cm³/mol. The Morgan fingerprint density at radius 3 is 2.79 bits per heavy atom. The minimum absolute atomic E-state index is 0.0191. The Bertz CT molecular complexity index is 824. The Hall–Kier alpha value is -2.10. The number of primary amides is 1. The van der Waals surface area contributed by atoms with Gasteiger partial charge in [-0.05, 0) is 13.3 Å². The number of rotatable bonds is 7. The molecule has 9 nitrogen and oxygen atoms in total. The molecule has 1 aliphatic carbocycles. The Kier molecular flexibility index (Phi) is 4.64. The molecule has 1 amide bonds. The van der Waals surface area contributed by atoms with E-state index in [0.29, 0.717) is 24.5 Å². The van der Waals surface area contributed by atoms with E-state index in [4.69, 9.17) is 31.5 Å². The third-order valence-corrected chi connectivity index (χ3v) is 6.16. The average Bonchev–Trinajstić information content (AvgIpc) is 3.27. The molecule has 2 saturated heterocycles. The molecule has 0 aromatic rings. The van der Waals surface area contributed by atoms with Gasteiger partial charge in [0, 0.05) is 36.7 Å². The average molecular weight is 412 g/mol. The molecule has 3 aliphatic heterocycles. The van der Waals surface area contributed by atoms with Gasteiger partial charge in [-0.2, -0.15) is 0 Å². The van der Waals surface area contributed by atoms with Crippen molar-refractivity contribution in [2.45, 2.75) is 31.2 Å². The molecule has 0 bridgehead atoms. The van der Waals surface area contributed by atoms with Crippen LogP contribution in [0, 0.1) is 5.92 Å². The summed E-state index contributed by atoms with van der Waals surface area (Å²) >= 11 is 5.68. The molecule has 0 radical (unpaired) electrons. The van der Waals surface area contributed by atoms with E-state index in [0.717, 1.165) is 0 Å². The first-order chi connectivity index (χ1) is 13.4. The monoisotopic (exact) mass is 411 g/mol. The van der Waals surface area contributed by atoms with Crippen LogP contribution < -0.4 is 11.1 Å². The van der Waals surface area contributed by atoms with Gasteiger partial charge in [0.2, 0.25) is 11.6 Å². The van der Waals surface area contributed by atoms with E-state index in [1.165, 1.54) is 7.11 Å². The fraction of sp³-hybridized carbons (Fsp3) is 0.611. The molecule has 3 unspecified atom stereocenters. The number of nitrogens with one attached hydrogen (secondary N) is 1. The smallest absolute Gasteiger partial charge is 0.404 e. The van der Waals surface area contributed by atoms with E-state index in [-0.39, 0.29) is 53.8 Å². The molecule has 4 rings (SSSR count). The van der Waals surface area contributed by atoms with Gasteiger partial charge < -0.3 is 30.2 Å². The third kappa shape index (κ3) is 2.49. The number of Topliss-reactive ketones (excluding diaryl/α,β-unsaturated/α-hetero) is 2. The maximum atomic E-state index is 13.3. The molecule has 3 N–H and O–H groups in total. The van der Waals surface area contributed by atoms with Gasteiger partial charge in [0.1, 0.15) is 6.61 Å². The highest BCUT2D eigenvalue weighted by Gasteiger charge is 2.72. The third-order valence-electron chi connectivity index (χ3n) is 5.90. The second-order valence-electron chi connectivity index (χ2n) is 7.27. The van der Waals surface area contributed by atoms with Crippen molar-refractivity contribution in [2.24, 2.45) is 11.7 Å². The summed E-state index contributed by atoms with van der Waals surface area (Å²) in [6.45, 7) is 2.16. The van der Waals surface area contributed by atoms with Gasteiger partial charge in [0.05, 0.1) is 24.3 Å². The number of hydrogen-bond donors (Lipinski definition) is 2. The summed E-state index contributed by atoms with van der Waals surface area (Å²) in [6.07, 6.45) is -0.410. The fourth-order valence-corrected chi connectivity index (χ4v) is 4.78. The second-order valence-corrected chi connectivity index (χ2v) is 7.64. The number of alkyl halides is 1. The first-order valence-electron chi connectivity index (χ1n) is 9.12. The van der Waals surface area contributed by atoms with Gasteiger partial charge >= 0.3 is 6.09 Å². The predicted octanol–water partition coefficient (Wildman–Crippen LogP) is 0.0356. The van der Waals surface area contributed by atoms with Gasteiger partial charge in [-0.1, -0.05) is 0 Å². The number of allylic oxidation sites excluding steroid dienone is 2. The summed E-state index contributed by atoms with van der Waals surface area (Å²) < 4.78 is 16.6. The van der Waals surface area contributed by atoms with Crippen LogP contribution in [0.2, 0.25) is 0 Å². The van der Waals surface area contributed by atoms with Gasteiger partial charge in [-0.25, -0.2) is 4.79 Å². The summed E-state index contributed by atoms with van der Waals surface area (Å²) in [5, 5.41) is 3.31. The lowest BCUT2D eigenvalue weighted by molar-refractivity contribution is -0.137. The lowest BCUT2D eigenvalue weighted by Gasteiger charge is -2.39. The summed E-state index contributed by atoms with van der Waals surface area (Å²) in [5.41, 5.74) is 4.99. The van der Waals surface area contributed by atoms with Crippen molar-refractivity contribution in [2.75, 3.05) is 32.7 Å². The minimum atomic E-state index is -0.984. The first-order valence-corrected chi connectivity index (χ1v) is 9.66. The summed E-state index contributed by atoms with van der Waals surface area (Å²) in [4.78, 5) is 39.6. The summed E-state index contributed by atoms with van der Waals surface area (Å²) in [5.74, 6) is -0.929. The quantitative estimate of drug-likeness (QED) is 0.260. The number of fused-ring (bicyclic) bond motifs is 4. The highest BCUT2D eigenvalue weighted by Crippen LogP contribution is 2.55. The van der Waals surface area contributed by atoms with Crippen LogP contribution in [0.25, 0.3) is 0 Å². The van der Waals surface area contributed by atoms with Crippen molar-refractivity contribution in [3.8, 4) is 0 Å². The molecule has 2 fully saturated rings. The van der Waals surface area contributed by atoms with Crippen LogP contribution in [0.15, 0.2) is 22.6 Å². The molecule has 4 aliphatic rings. The van der Waals surface area contributed by atoms with E-state index in [9.17, 15) is 14.4 Å². The molecule has 3 heterocycles. The Labute approximate surface area is 166 Å². The molecule has 28 heavy (non-hydrogen) atoms. The van der Waals surface area contributed by atoms with E-state index in [1.54, 1.807) is 6.92 Å². The molecule has 10 heteroatoms. The molecule has 0 spiro atoms. The zero-order chi connectivity index (χ0) is 20.2. The second kappa shape index (κ2) is 6.75. The SMILES string of the molecule is CO[C@@]12C(COC(N)=O)C3=C(C(=O)C(C)=C(OCCCCl)C3=O)N1CC1NC12. The topological polar surface area (TPSA) is 130 Å². The van der Waals surface area contributed by atoms with Crippen LogP contribution in [0.4, 0.5) is 4.79 Å². The van der Waals surface area contributed by atoms with Crippen molar-refractivity contribution in [3.63, 3.8) is 0 Å². The molecule has 0 saturated carbocycles. The zero-order valence-corrected chi connectivity index (χ0v) is 16.4. The number of methoxy groups -OCH3 is 1. The number of ether oxygens (including phenoxy) is 3. The largest absolute Gasteiger partial charge is 0.489 e. The van der Waals surface area contributed by atoms with E-state index < -0.39 is 17.7 Å². The number of hydrogen-bond acceptors (Lipinski definition) is 8. The van der Waals surface area contributed by atoms with Gasteiger partial charge in [0.15, 0.2) is 11.5 Å². The number of nitrogens with zero attached hydrogens (tertiary/aromatic N) is 1. The minimum Gasteiger partial charge on any atom is -0.489 e. The maximum absolute atomic E-state index is 13.3. The summed E-state index contributed by atoms with van der Waals surface area (Å²) in [6, 6.07) is 0.0738. The summed E-state index contributed by atoms with van der Waals surface area (Å²) in [7, 11) is 1.53. The van der Waals surface area contributed by atoms with Crippen LogP contribution in [0.1, 0.15) is 13.3 Å². The number of ketones is 2. The van der Waals surface area contributed by atoms with E-state index in [2.05, 4.69) is 5.32 Å². The lowest BCUT2D eigenvalue weighted by Crippen LogP contribution is -2.55. The standard InChI is InChI=1S/C18H22ClN3O6/c1-8-13(23)12-11(14(24)15(8)27-5-3-4-19)9(7-28-17(20)25)18(26-2)16-10(21-16)6-22(12)18/h9-10,16,21H,3-7H2,1-2H3,(H2,20,25)/t9?,10?,16?,18-/m1/s1. The first kappa shape index (κ1) is 19.2. The fourth-order valence-electron chi connectivity index (χ4n) is 4.67. The molecular weight excluding hydrogens is 390 g/mol. The van der Waals surface area contributed by atoms with Crippen molar-refractivity contribution in [1.82, 2.24) is 10.2 Å². The molecule has 4 atom stereocenters. The van der Waals surface area contributed by atoms with E-state index >= 15 is 0 Å². The highest BCUT2D eigenvalue weighted by atomic mass is 35.5. The van der Waals surface area contributed by atoms with Gasteiger partial charge in [-0.15, -0.1) is 11.6 Å². The number of piperazine rings is 1. The van der Waals surface area contributed by atoms with Crippen molar-refractivity contribution in [1.29, 1.82) is 0 Å². The number of carbonyl (C=O) groups excluding carboxylic acids is 3. The Balaban J connectivity index is 1.74. The van der Waals surface area contributed by atoms with Crippen LogP contribution in [0.3, 0.4) is 0 Å². The highest BCUT2D eigenvalue weighted by molar-refractivity contribution is 6.25. The van der Waals surface area contributed by atoms with Crippen molar-refractivity contribution in [3.05, 3.63) is 22.6 Å². The lowest BCUT2D eigenvalue weighted by atomic mass is 9.83. The van der Waals surface area contributed by atoms with Crippen molar-refractivity contribution < 1.29 is 28.6 Å². The van der Waals surface area contributed by atoms with E-state index in [1.807, 2.05) is 4.90 Å². The van der Waals surface area contributed by atoms with Gasteiger partial charge in [0.25, 0.3) is 0 Å². The van der Waals surface area contributed by atoms with Crippen molar-refractivity contribution >= 4 is 29.3 Å². The number of nitrogens with two attached hydrogens (primary N) is 1. The van der Waals surface area contributed by atoms with Crippen LogP contribution >= 0.6 is 11.6 Å². The normalized spacial score (nSPS) is 33.1. The van der Waals surface area contributed by atoms with Crippen LogP contribution in [0.5, 0.6) is 0 Å². The molecule has 0 aromatic carbocycles. The Morgan fingerprint density at radius 2 is 2.14 bits per heavy atom. The molecular formula is C18H22ClN3O6. The Morgan fingerprint density at radius 1 is 1.39 bits per heavy atom. The molecule has 0 aromatic heterocycles. The number of amides is 1. The van der Waals surface area contributed by atoms with Gasteiger partial charge in [-0.3, -0.25) is 9.59 Å². The van der Waals surface area contributed by atoms with Crippen LogP contribution in [-0.4, -0.2) is 73.1 Å². The molecule has 152 valence electrons. The number of halogens is 1. The number of carbonyl (C=O) groups is 3.